The van der Waals surface area contributed by atoms with Crippen molar-refractivity contribution in [3.05, 3.63) is 58.6 Å². The van der Waals surface area contributed by atoms with Gasteiger partial charge in [-0.15, -0.1) is 0 Å². The Hall–Kier alpha value is -3.79. The highest BCUT2D eigenvalue weighted by Gasteiger charge is 2.44. The number of fused-ring (bicyclic) bond motifs is 1. The highest BCUT2D eigenvalue weighted by atomic mass is 35.5. The average Bonchev–Trinajstić information content (AvgIpc) is 3.01. The standard InChI is InChI=1S/C31H37ClN4O6/c1-41-26-12-11-20(18-27(26)42-2)28-22-8-4-5-9-23(22)29(37)36(34-28)21-13-15-35(16-14-21)30(38)25(33-31(39)40)17-19-7-3-6-10-24(19)32/h3,6-7,10-12,18,21-23,25,33H,4-5,8-9,13-17H2,1-2H3,(H,39,40)/t22-,23+,25+/m0/s1. The van der Waals surface area contributed by atoms with Crippen molar-refractivity contribution in [2.45, 2.75) is 57.0 Å². The second-order valence-electron chi connectivity index (χ2n) is 11.1. The Kier molecular flexibility index (Phi) is 9.21. The molecule has 1 aliphatic carbocycles. The summed E-state index contributed by atoms with van der Waals surface area (Å²) in [7, 11) is 3.20. The first kappa shape index (κ1) is 29.7. The Bertz CT molecular complexity index is 1360. The Morgan fingerprint density at radius 3 is 2.38 bits per heavy atom. The van der Waals surface area contributed by atoms with Gasteiger partial charge in [0.25, 0.3) is 0 Å². The third-order valence-electron chi connectivity index (χ3n) is 8.65. The molecule has 0 radical (unpaired) electrons. The van der Waals surface area contributed by atoms with Gasteiger partial charge in [-0.3, -0.25) is 9.59 Å². The van der Waals surface area contributed by atoms with Crippen LogP contribution in [0.2, 0.25) is 5.02 Å². The Morgan fingerprint density at radius 1 is 1.02 bits per heavy atom. The summed E-state index contributed by atoms with van der Waals surface area (Å²) in [4.78, 5) is 40.4. The minimum Gasteiger partial charge on any atom is -0.493 e. The van der Waals surface area contributed by atoms with E-state index in [0.717, 1.165) is 37.0 Å². The van der Waals surface area contributed by atoms with Gasteiger partial charge in [0.2, 0.25) is 11.8 Å². The minimum atomic E-state index is -1.27. The lowest BCUT2D eigenvalue weighted by Crippen LogP contribution is -2.55. The third-order valence-corrected chi connectivity index (χ3v) is 9.02. The number of likely N-dealkylation sites (tertiary alicyclic amines) is 1. The molecule has 2 fully saturated rings. The number of amides is 3. The van der Waals surface area contributed by atoms with E-state index in [2.05, 4.69) is 5.32 Å². The maximum atomic E-state index is 13.7. The molecule has 3 atom stereocenters. The summed E-state index contributed by atoms with van der Waals surface area (Å²) >= 11 is 6.29. The molecule has 5 rings (SSSR count). The fraction of sp³-hybridized carbons (Fsp3) is 0.484. The molecule has 0 aromatic heterocycles. The number of ether oxygens (including phenoxy) is 2. The van der Waals surface area contributed by atoms with E-state index in [1.165, 1.54) is 0 Å². The lowest BCUT2D eigenvalue weighted by Gasteiger charge is -2.43. The lowest BCUT2D eigenvalue weighted by molar-refractivity contribution is -0.143. The van der Waals surface area contributed by atoms with E-state index in [1.807, 2.05) is 18.2 Å². The van der Waals surface area contributed by atoms with Crippen LogP contribution in [0.5, 0.6) is 11.5 Å². The molecular weight excluding hydrogens is 560 g/mol. The van der Waals surface area contributed by atoms with Crippen LogP contribution >= 0.6 is 11.6 Å². The van der Waals surface area contributed by atoms with Crippen molar-refractivity contribution in [3.63, 3.8) is 0 Å². The molecule has 2 aromatic carbocycles. The zero-order chi connectivity index (χ0) is 29.8. The van der Waals surface area contributed by atoms with E-state index < -0.39 is 12.1 Å². The highest BCUT2D eigenvalue weighted by Crippen LogP contribution is 2.40. The lowest BCUT2D eigenvalue weighted by atomic mass is 9.73. The van der Waals surface area contributed by atoms with Gasteiger partial charge >= 0.3 is 6.09 Å². The van der Waals surface area contributed by atoms with Crippen LogP contribution in [0.1, 0.15) is 49.7 Å². The zero-order valence-corrected chi connectivity index (χ0v) is 24.7. The van der Waals surface area contributed by atoms with Crippen LogP contribution in [-0.2, 0) is 16.0 Å². The maximum absolute atomic E-state index is 13.7. The summed E-state index contributed by atoms with van der Waals surface area (Å²) in [5.74, 6) is 0.920. The van der Waals surface area contributed by atoms with Crippen molar-refractivity contribution >= 4 is 35.2 Å². The molecule has 2 heterocycles. The second kappa shape index (κ2) is 13.0. The Morgan fingerprint density at radius 2 is 1.71 bits per heavy atom. The van der Waals surface area contributed by atoms with E-state index in [1.54, 1.807) is 48.4 Å². The first-order chi connectivity index (χ1) is 20.3. The minimum absolute atomic E-state index is 0.0509. The van der Waals surface area contributed by atoms with Gasteiger partial charge in [0.15, 0.2) is 11.5 Å². The van der Waals surface area contributed by atoms with Crippen LogP contribution in [0.15, 0.2) is 47.6 Å². The molecule has 0 bridgehead atoms. The zero-order valence-electron chi connectivity index (χ0n) is 23.9. The molecule has 3 aliphatic rings. The molecule has 2 aromatic rings. The average molecular weight is 597 g/mol. The number of carboxylic acid groups (broad SMARTS) is 1. The highest BCUT2D eigenvalue weighted by molar-refractivity contribution is 6.31. The smallest absolute Gasteiger partial charge is 0.405 e. The van der Waals surface area contributed by atoms with Crippen molar-refractivity contribution in [1.29, 1.82) is 0 Å². The predicted molar refractivity (Wildman–Crippen MR) is 158 cm³/mol. The number of methoxy groups -OCH3 is 2. The van der Waals surface area contributed by atoms with Crippen molar-refractivity contribution in [1.82, 2.24) is 15.2 Å². The van der Waals surface area contributed by atoms with Crippen LogP contribution in [0.3, 0.4) is 0 Å². The molecule has 42 heavy (non-hydrogen) atoms. The summed E-state index contributed by atoms with van der Waals surface area (Å²) in [6, 6.07) is 11.7. The molecule has 0 unspecified atom stereocenters. The van der Waals surface area contributed by atoms with Crippen LogP contribution in [0, 0.1) is 11.8 Å². The van der Waals surface area contributed by atoms with Crippen molar-refractivity contribution in [3.8, 4) is 11.5 Å². The van der Waals surface area contributed by atoms with Gasteiger partial charge < -0.3 is 24.8 Å². The van der Waals surface area contributed by atoms with Gasteiger partial charge in [-0.2, -0.15) is 5.10 Å². The van der Waals surface area contributed by atoms with Gasteiger partial charge in [0.05, 0.1) is 26.0 Å². The molecular formula is C31H37ClN4O6. The summed E-state index contributed by atoms with van der Waals surface area (Å²) in [5.41, 5.74) is 2.50. The molecule has 0 spiro atoms. The normalized spacial score (nSPS) is 21.7. The van der Waals surface area contributed by atoms with Crippen molar-refractivity contribution in [2.75, 3.05) is 27.3 Å². The number of halogens is 1. The van der Waals surface area contributed by atoms with Gasteiger partial charge in [0, 0.05) is 41.9 Å². The quantitative estimate of drug-likeness (QED) is 0.460. The summed E-state index contributed by atoms with van der Waals surface area (Å²) in [5, 5.41) is 18.9. The van der Waals surface area contributed by atoms with Crippen molar-refractivity contribution < 1.29 is 29.0 Å². The number of benzene rings is 2. The number of nitrogens with zero attached hydrogens (tertiary/aromatic N) is 3. The molecule has 11 heteroatoms. The summed E-state index contributed by atoms with van der Waals surface area (Å²) < 4.78 is 11.0. The number of hydrogen-bond donors (Lipinski definition) is 2. The SMILES string of the molecule is COc1ccc(C2=NN(C3CCN(C(=O)[C@@H](Cc4ccccc4Cl)NC(=O)O)CC3)C(=O)[C@@H]3CCCC[C@H]23)cc1OC. The number of carbonyl (C=O) groups is 3. The third kappa shape index (κ3) is 6.18. The van der Waals surface area contributed by atoms with E-state index in [9.17, 15) is 19.5 Å². The van der Waals surface area contributed by atoms with Crippen LogP contribution in [-0.4, -0.2) is 78.0 Å². The van der Waals surface area contributed by atoms with Gasteiger partial charge in [-0.25, -0.2) is 9.80 Å². The van der Waals surface area contributed by atoms with Gasteiger partial charge in [0.1, 0.15) is 6.04 Å². The van der Waals surface area contributed by atoms with Crippen molar-refractivity contribution in [2.24, 2.45) is 16.9 Å². The van der Waals surface area contributed by atoms with Crippen LogP contribution in [0.25, 0.3) is 0 Å². The number of hydrogen-bond acceptors (Lipinski definition) is 6. The fourth-order valence-corrected chi connectivity index (χ4v) is 6.69. The van der Waals surface area contributed by atoms with Gasteiger partial charge in [-0.1, -0.05) is 42.6 Å². The monoisotopic (exact) mass is 596 g/mol. The van der Waals surface area contributed by atoms with E-state index >= 15 is 0 Å². The molecule has 224 valence electrons. The number of rotatable bonds is 8. The van der Waals surface area contributed by atoms with E-state index in [4.69, 9.17) is 26.2 Å². The largest absolute Gasteiger partial charge is 0.493 e. The Labute approximate surface area is 250 Å². The molecule has 1 saturated carbocycles. The second-order valence-corrected chi connectivity index (χ2v) is 11.5. The number of nitrogens with one attached hydrogen (secondary N) is 1. The fourth-order valence-electron chi connectivity index (χ4n) is 6.48. The molecule has 2 N–H and O–H groups in total. The topological polar surface area (TPSA) is 121 Å². The molecule has 3 amide bonds. The number of piperidine rings is 1. The van der Waals surface area contributed by atoms with Crippen LogP contribution in [0.4, 0.5) is 4.79 Å². The molecule has 10 nitrogen and oxygen atoms in total. The predicted octanol–water partition coefficient (Wildman–Crippen LogP) is 4.58. The van der Waals surface area contributed by atoms with E-state index in [0.29, 0.717) is 48.0 Å². The van der Waals surface area contributed by atoms with E-state index in [-0.39, 0.29) is 36.1 Å². The number of carbonyl (C=O) groups excluding carboxylic acids is 2. The first-order valence-corrected chi connectivity index (χ1v) is 14.8. The molecule has 2 aliphatic heterocycles. The molecule has 1 saturated heterocycles. The summed E-state index contributed by atoms with van der Waals surface area (Å²) in [6.45, 7) is 0.784. The maximum Gasteiger partial charge on any atom is 0.405 e. The number of hydrazone groups is 1. The van der Waals surface area contributed by atoms with Crippen LogP contribution < -0.4 is 14.8 Å². The Balaban J connectivity index is 1.34. The summed E-state index contributed by atoms with van der Waals surface area (Å²) in [6.07, 6.45) is 3.78. The first-order valence-electron chi connectivity index (χ1n) is 14.5. The van der Waals surface area contributed by atoms with Gasteiger partial charge in [-0.05, 0) is 55.5 Å².